The number of anilines is 1. The molecule has 0 spiro atoms. The van der Waals surface area contributed by atoms with Gasteiger partial charge in [-0.1, -0.05) is 51.3 Å². The topological polar surface area (TPSA) is 100.0 Å². The summed E-state index contributed by atoms with van der Waals surface area (Å²) in [6.07, 6.45) is 7.88. The van der Waals surface area contributed by atoms with E-state index in [1.165, 1.54) is 25.3 Å². The number of nitrogens with zero attached hydrogens (tertiary/aromatic N) is 1. The summed E-state index contributed by atoms with van der Waals surface area (Å²) in [5, 5.41) is 10.0. The molecule has 0 aliphatic heterocycles. The number of aromatic nitrogens is 1. The zero-order chi connectivity index (χ0) is 25.0. The Morgan fingerprint density at radius 3 is 2.30 bits per heavy atom. The minimum atomic E-state index is -3.04. The Kier molecular flexibility index (Phi) is 12.3. The molecule has 1 amide bonds. The van der Waals surface area contributed by atoms with Crippen LogP contribution in [0, 0.1) is 5.41 Å². The normalized spacial score (nSPS) is 14.2. The molecule has 6 nitrogen and oxygen atoms in total. The number of fused-ring (bicyclic) bond motifs is 1. The van der Waals surface area contributed by atoms with Gasteiger partial charge in [0.05, 0.1) is 10.8 Å². The summed E-state index contributed by atoms with van der Waals surface area (Å²) >= 11 is 5.77. The van der Waals surface area contributed by atoms with Gasteiger partial charge in [-0.05, 0) is 67.5 Å². The minimum absolute atomic E-state index is 0.0134. The summed E-state index contributed by atoms with van der Waals surface area (Å²) in [7, 11) is -3.04. The summed E-state index contributed by atoms with van der Waals surface area (Å²) in [4.78, 5) is 16.2. The predicted octanol–water partition coefficient (Wildman–Crippen LogP) is 6.30. The number of hydrogen-bond acceptors (Lipinski definition) is 5. The van der Waals surface area contributed by atoms with Gasteiger partial charge in [-0.15, -0.1) is 0 Å². The number of unbranched alkanes of at least 4 members (excludes halogenated alkanes) is 1. The third-order valence-electron chi connectivity index (χ3n) is 5.10. The zero-order valence-electron chi connectivity index (χ0n) is 20.2. The second-order valence-corrected chi connectivity index (χ2v) is 10.8. The first-order valence-corrected chi connectivity index (χ1v) is 13.7. The molecule has 2 N–H and O–H groups in total. The van der Waals surface area contributed by atoms with Gasteiger partial charge in [-0.3, -0.25) is 4.79 Å². The van der Waals surface area contributed by atoms with E-state index in [2.05, 4.69) is 24.1 Å². The van der Waals surface area contributed by atoms with Crippen molar-refractivity contribution in [1.82, 2.24) is 4.98 Å². The molecule has 8 heteroatoms. The molecule has 1 atom stereocenters. The third kappa shape index (κ3) is 10.9. The number of carbonyl (C=O) groups is 1. The smallest absolute Gasteiger partial charge is 0.274 e. The van der Waals surface area contributed by atoms with Crippen LogP contribution in [0.2, 0.25) is 5.02 Å². The highest BCUT2D eigenvalue weighted by molar-refractivity contribution is 7.90. The molecule has 2 aromatic rings. The van der Waals surface area contributed by atoms with E-state index in [4.69, 9.17) is 17.0 Å². The lowest BCUT2D eigenvalue weighted by Crippen LogP contribution is -2.14. The second kappa shape index (κ2) is 14.1. The number of rotatable bonds is 6. The van der Waals surface area contributed by atoms with Crippen molar-refractivity contribution in [3.05, 3.63) is 58.4 Å². The molecule has 0 radical (unpaired) electrons. The molecule has 0 fully saturated rings. The highest BCUT2D eigenvalue weighted by Crippen LogP contribution is 2.35. The maximum absolute atomic E-state index is 12.2. The molecule has 3 rings (SSSR count). The maximum atomic E-state index is 12.2. The highest BCUT2D eigenvalue weighted by Gasteiger charge is 2.26. The summed E-state index contributed by atoms with van der Waals surface area (Å²) in [5.41, 5.74) is 3.81. The molecule has 1 aliphatic carbocycles. The number of hydrogen-bond donors (Lipinski definition) is 2. The van der Waals surface area contributed by atoms with Crippen LogP contribution in [0.3, 0.4) is 0 Å². The van der Waals surface area contributed by atoms with Crippen molar-refractivity contribution in [2.45, 2.75) is 65.7 Å². The van der Waals surface area contributed by atoms with Gasteiger partial charge < -0.3 is 10.7 Å². The van der Waals surface area contributed by atoms with Crippen LogP contribution in [0.1, 0.15) is 80.9 Å². The largest absolute Gasteiger partial charge is 0.321 e. The van der Waals surface area contributed by atoms with Crippen LogP contribution >= 0.6 is 11.6 Å². The summed E-state index contributed by atoms with van der Waals surface area (Å²) in [5.74, 6) is -0.208. The van der Waals surface area contributed by atoms with E-state index in [9.17, 15) is 13.2 Å². The lowest BCUT2D eigenvalue weighted by molar-refractivity contribution is 0.102. The molecule has 1 aliphatic rings. The number of carbonyl (C=O) groups excluding carboxylic acids is 1. The number of pyridine rings is 1. The Morgan fingerprint density at radius 2 is 1.82 bits per heavy atom. The number of aryl methyl sites for hydroxylation is 1. The minimum Gasteiger partial charge on any atom is -0.321 e. The van der Waals surface area contributed by atoms with Crippen molar-refractivity contribution in [3.63, 3.8) is 0 Å². The van der Waals surface area contributed by atoms with Gasteiger partial charge in [-0.25, -0.2) is 13.4 Å². The van der Waals surface area contributed by atoms with Crippen molar-refractivity contribution in [2.24, 2.45) is 0 Å². The quantitative estimate of drug-likeness (QED) is 0.461. The van der Waals surface area contributed by atoms with Gasteiger partial charge in [-0.2, -0.15) is 0 Å². The summed E-state index contributed by atoms with van der Waals surface area (Å²) in [6.45, 7) is 8.14. The Labute approximate surface area is 203 Å². The van der Waals surface area contributed by atoms with Gasteiger partial charge in [0.25, 0.3) is 5.91 Å². The van der Waals surface area contributed by atoms with Crippen molar-refractivity contribution >= 4 is 38.7 Å². The Morgan fingerprint density at radius 1 is 1.18 bits per heavy atom. The van der Waals surface area contributed by atoms with Crippen LogP contribution in [0.5, 0.6) is 0 Å². The zero-order valence-corrected chi connectivity index (χ0v) is 21.8. The highest BCUT2D eigenvalue weighted by atomic mass is 35.5. The number of benzene rings is 1. The second-order valence-electron chi connectivity index (χ2n) is 8.19. The van der Waals surface area contributed by atoms with Crippen LogP contribution in [-0.2, 0) is 16.3 Å². The van der Waals surface area contributed by atoms with Crippen molar-refractivity contribution in [2.75, 3.05) is 17.3 Å². The van der Waals surface area contributed by atoms with Crippen molar-refractivity contribution in [1.29, 1.82) is 5.41 Å². The SMILES string of the molecule is CCC(C)=N.CCCC.CS(=O)(=O)CC1CCc2ccc(NC(=O)c3ccc(Cl)cn3)cc21. The van der Waals surface area contributed by atoms with Crippen LogP contribution < -0.4 is 5.32 Å². The van der Waals surface area contributed by atoms with Gasteiger partial charge in [0.1, 0.15) is 15.5 Å². The molecular weight excluding hydrogens is 458 g/mol. The van der Waals surface area contributed by atoms with E-state index in [0.29, 0.717) is 10.7 Å². The lowest BCUT2D eigenvalue weighted by atomic mass is 10.0. The Hall–Kier alpha value is -2.25. The molecule has 1 unspecified atom stereocenters. The van der Waals surface area contributed by atoms with E-state index >= 15 is 0 Å². The number of sulfone groups is 1. The average Bonchev–Trinajstić information content (AvgIpc) is 3.15. The predicted molar refractivity (Wildman–Crippen MR) is 139 cm³/mol. The van der Waals surface area contributed by atoms with E-state index in [1.54, 1.807) is 19.1 Å². The van der Waals surface area contributed by atoms with Gasteiger partial charge in [0, 0.05) is 23.9 Å². The van der Waals surface area contributed by atoms with Crippen molar-refractivity contribution < 1.29 is 13.2 Å². The van der Waals surface area contributed by atoms with Gasteiger partial charge in [0.15, 0.2) is 0 Å². The van der Waals surface area contributed by atoms with Crippen LogP contribution in [0.25, 0.3) is 0 Å². The third-order valence-corrected chi connectivity index (χ3v) is 6.33. The van der Waals surface area contributed by atoms with E-state index in [1.807, 2.05) is 25.1 Å². The summed E-state index contributed by atoms with van der Waals surface area (Å²) < 4.78 is 23.2. The van der Waals surface area contributed by atoms with Crippen LogP contribution in [0.15, 0.2) is 36.5 Å². The molecule has 1 heterocycles. The van der Waals surface area contributed by atoms with Gasteiger partial charge >= 0.3 is 0 Å². The molecule has 1 aromatic carbocycles. The number of nitrogens with one attached hydrogen (secondary N) is 2. The molecule has 0 bridgehead atoms. The monoisotopic (exact) mass is 493 g/mol. The first-order chi connectivity index (χ1) is 15.5. The fraction of sp³-hybridized carbons (Fsp3) is 0.480. The first-order valence-electron chi connectivity index (χ1n) is 11.3. The maximum Gasteiger partial charge on any atom is 0.274 e. The number of amides is 1. The molecule has 182 valence electrons. The van der Waals surface area contributed by atoms with Crippen molar-refractivity contribution in [3.8, 4) is 0 Å². The Balaban J connectivity index is 0.000000517. The van der Waals surface area contributed by atoms with Crippen LogP contribution in [0.4, 0.5) is 5.69 Å². The lowest BCUT2D eigenvalue weighted by Gasteiger charge is -2.12. The molecule has 33 heavy (non-hydrogen) atoms. The molecular formula is C25H36ClN3O3S. The molecule has 0 saturated carbocycles. The average molecular weight is 494 g/mol. The fourth-order valence-electron chi connectivity index (χ4n) is 3.01. The number of halogens is 1. The standard InChI is InChI=1S/C17H17ClN2O3S.C4H9N.C4H10/c1-24(22,23)10-12-3-2-11-4-6-14(8-15(11)12)20-17(21)16-7-5-13(18)9-19-16;1-3-4(2)5;1-3-4-2/h4-9,12H,2-3,10H2,1H3,(H,20,21);5H,3H2,1-2H3;3-4H2,1-2H3. The van der Waals surface area contributed by atoms with Gasteiger partial charge in [0.2, 0.25) is 0 Å². The molecule has 0 saturated heterocycles. The van der Waals surface area contributed by atoms with Crippen LogP contribution in [-0.4, -0.2) is 37.0 Å². The van der Waals surface area contributed by atoms with E-state index in [-0.39, 0.29) is 23.3 Å². The summed E-state index contributed by atoms with van der Waals surface area (Å²) in [6, 6.07) is 8.80. The van der Waals surface area contributed by atoms with E-state index in [0.717, 1.165) is 36.1 Å². The Bertz CT molecular complexity index is 1020. The first kappa shape index (κ1) is 28.8. The van der Waals surface area contributed by atoms with E-state index < -0.39 is 9.84 Å². The molecule has 1 aromatic heterocycles. The fourth-order valence-corrected chi connectivity index (χ4v) is 4.20.